The maximum atomic E-state index is 12.7. The van der Waals surface area contributed by atoms with Crippen molar-refractivity contribution >= 4 is 23.9 Å². The Morgan fingerprint density at radius 2 is 1.11 bits per heavy atom. The third kappa shape index (κ3) is 15.8. The summed E-state index contributed by atoms with van der Waals surface area (Å²) in [6.45, 7) is 1.85. The zero-order valence-electron chi connectivity index (χ0n) is 30.7. The molecule has 302 valence electrons. The van der Waals surface area contributed by atoms with Crippen molar-refractivity contribution in [2.45, 2.75) is 50.4 Å². The van der Waals surface area contributed by atoms with E-state index in [0.29, 0.717) is 51.6 Å². The van der Waals surface area contributed by atoms with E-state index in [1.54, 1.807) is 9.80 Å². The Hall–Kier alpha value is -3.46. The summed E-state index contributed by atoms with van der Waals surface area (Å²) in [6.07, 6.45) is 1.26. The summed E-state index contributed by atoms with van der Waals surface area (Å²) in [5, 5.41) is 64.2. The highest BCUT2D eigenvalue weighted by Crippen LogP contribution is 2.17. The fourth-order valence-electron chi connectivity index (χ4n) is 6.17. The summed E-state index contributed by atoms with van der Waals surface area (Å²) in [4.78, 5) is 55.2. The van der Waals surface area contributed by atoms with E-state index in [0.717, 1.165) is 12.7 Å². The molecule has 4 atom stereocenters. The molecular formula is C35H56N4O14-2. The van der Waals surface area contributed by atoms with E-state index in [2.05, 4.69) is 0 Å². The largest absolute Gasteiger partial charge is 0.548 e. The van der Waals surface area contributed by atoms with E-state index in [-0.39, 0.29) is 58.8 Å². The van der Waals surface area contributed by atoms with Crippen LogP contribution in [0.15, 0.2) is 24.3 Å². The van der Waals surface area contributed by atoms with Gasteiger partial charge in [0, 0.05) is 59.0 Å². The molecule has 0 radical (unpaired) electrons. The number of hydrogen-bond acceptors (Lipinski definition) is 17. The van der Waals surface area contributed by atoms with E-state index in [1.165, 1.54) is 9.80 Å². The van der Waals surface area contributed by atoms with Gasteiger partial charge in [-0.3, -0.25) is 29.2 Å². The van der Waals surface area contributed by atoms with Gasteiger partial charge in [0.15, 0.2) is 0 Å². The average Bonchev–Trinajstić information content (AvgIpc) is 3.13. The van der Waals surface area contributed by atoms with Gasteiger partial charge in [0.1, 0.15) is 24.4 Å². The van der Waals surface area contributed by atoms with Crippen LogP contribution in [-0.2, 0) is 39.8 Å². The lowest BCUT2D eigenvalue weighted by Gasteiger charge is -2.40. The number of aliphatic hydroxyl groups is 3. The van der Waals surface area contributed by atoms with Gasteiger partial charge in [-0.25, -0.2) is 0 Å². The van der Waals surface area contributed by atoms with E-state index < -0.39 is 67.9 Å². The Morgan fingerprint density at radius 3 is 1.53 bits per heavy atom. The van der Waals surface area contributed by atoms with E-state index in [9.17, 15) is 49.8 Å². The van der Waals surface area contributed by atoms with Gasteiger partial charge < -0.3 is 59.2 Å². The van der Waals surface area contributed by atoms with Crippen LogP contribution in [0.3, 0.4) is 0 Å². The monoisotopic (exact) mass is 756 g/mol. The maximum Gasteiger partial charge on any atom is 0.325 e. The molecule has 0 spiro atoms. The molecule has 0 aliphatic carbocycles. The van der Waals surface area contributed by atoms with Crippen LogP contribution >= 0.6 is 0 Å². The number of aliphatic hydroxyl groups excluding tert-OH is 3. The maximum absolute atomic E-state index is 12.7. The van der Waals surface area contributed by atoms with Crippen LogP contribution in [0.4, 0.5) is 0 Å². The Balaban J connectivity index is 2.25. The summed E-state index contributed by atoms with van der Waals surface area (Å²) >= 11 is 0. The first kappa shape index (κ1) is 45.7. The van der Waals surface area contributed by atoms with Gasteiger partial charge in [-0.05, 0) is 43.9 Å². The van der Waals surface area contributed by atoms with Gasteiger partial charge in [0.25, 0.3) is 0 Å². The van der Waals surface area contributed by atoms with Crippen molar-refractivity contribution in [1.82, 2.24) is 19.6 Å². The standard InChI is InChI=1S/C35H58N4O14/c1-3-51-19-20-52-21-22-53-27-9-7-26(8-10-27)5-4-6-28(32(43)44)36-11-13-37(29(23-40)33(45)46)14-15-38(30(24-41)34(47)48)16-18-39(17-12-36)31(25-42)35(49)50-2/h7-10,28-31,40-42H,3-6,11-25H2,1-2H3,(H,43,44)(H,45,46)(H,47,48)/p-2. The van der Waals surface area contributed by atoms with Crippen LogP contribution < -0.4 is 14.9 Å². The van der Waals surface area contributed by atoms with Gasteiger partial charge in [0.05, 0.1) is 70.8 Å². The lowest BCUT2D eigenvalue weighted by molar-refractivity contribution is -0.315. The molecule has 1 aliphatic heterocycles. The highest BCUT2D eigenvalue weighted by molar-refractivity contribution is 5.76. The molecule has 4 unspecified atom stereocenters. The summed E-state index contributed by atoms with van der Waals surface area (Å²) < 4.78 is 21.3. The predicted molar refractivity (Wildman–Crippen MR) is 185 cm³/mol. The molecule has 1 fully saturated rings. The first-order valence-electron chi connectivity index (χ1n) is 17.9. The Labute approximate surface area is 310 Å². The topological polar surface area (TPSA) is 245 Å². The second-order valence-electron chi connectivity index (χ2n) is 12.4. The molecule has 0 saturated carbocycles. The highest BCUT2D eigenvalue weighted by atomic mass is 16.5. The van der Waals surface area contributed by atoms with E-state index >= 15 is 0 Å². The Bertz CT molecular complexity index is 1230. The number of carbonyl (C=O) groups excluding carboxylic acids is 3. The van der Waals surface area contributed by atoms with Crippen LogP contribution in [0.1, 0.15) is 25.3 Å². The first-order valence-corrected chi connectivity index (χ1v) is 17.9. The summed E-state index contributed by atoms with van der Waals surface area (Å²) in [7, 11) is 1.16. The average molecular weight is 757 g/mol. The molecule has 18 nitrogen and oxygen atoms in total. The van der Waals surface area contributed by atoms with Gasteiger partial charge in [-0.1, -0.05) is 12.1 Å². The smallest absolute Gasteiger partial charge is 0.325 e. The van der Waals surface area contributed by atoms with Crippen LogP contribution in [-0.4, -0.2) is 200 Å². The zero-order chi connectivity index (χ0) is 39.2. The number of carbonyl (C=O) groups is 4. The van der Waals surface area contributed by atoms with Crippen molar-refractivity contribution < 1.29 is 68.8 Å². The lowest BCUT2D eigenvalue weighted by Crippen LogP contribution is -2.59. The summed E-state index contributed by atoms with van der Waals surface area (Å²) in [5.74, 6) is -4.33. The molecule has 2 rings (SSSR count). The van der Waals surface area contributed by atoms with Crippen LogP contribution in [0.25, 0.3) is 0 Å². The number of esters is 1. The van der Waals surface area contributed by atoms with Crippen LogP contribution in [0.2, 0.25) is 0 Å². The van der Waals surface area contributed by atoms with Crippen molar-refractivity contribution in [2.75, 3.05) is 112 Å². The molecule has 18 heteroatoms. The number of carboxylic acids is 3. The molecule has 1 aromatic rings. The second kappa shape index (κ2) is 25.5. The highest BCUT2D eigenvalue weighted by Gasteiger charge is 2.32. The van der Waals surface area contributed by atoms with Crippen LogP contribution in [0.5, 0.6) is 5.75 Å². The molecule has 4 N–H and O–H groups in total. The molecule has 1 aromatic carbocycles. The van der Waals surface area contributed by atoms with Gasteiger partial charge in [-0.2, -0.15) is 0 Å². The van der Waals surface area contributed by atoms with Gasteiger partial charge in [0.2, 0.25) is 0 Å². The number of aliphatic carboxylic acids is 3. The normalized spacial score (nSPS) is 18.2. The summed E-state index contributed by atoms with van der Waals surface area (Å²) in [6, 6.07) is 2.32. The van der Waals surface area contributed by atoms with Crippen molar-refractivity contribution in [3.8, 4) is 5.75 Å². The summed E-state index contributed by atoms with van der Waals surface area (Å²) in [5.41, 5.74) is 0.964. The second-order valence-corrected chi connectivity index (χ2v) is 12.4. The molecular weight excluding hydrogens is 700 g/mol. The van der Waals surface area contributed by atoms with Gasteiger partial charge >= 0.3 is 11.9 Å². The minimum atomic E-state index is -1.57. The Morgan fingerprint density at radius 1 is 0.679 bits per heavy atom. The number of aryl methyl sites for hydroxylation is 1. The molecule has 53 heavy (non-hydrogen) atoms. The number of benzene rings is 1. The number of rotatable bonds is 23. The lowest BCUT2D eigenvalue weighted by atomic mass is 10.0. The number of carboxylic acid groups (broad SMARTS) is 3. The van der Waals surface area contributed by atoms with Crippen molar-refractivity contribution in [3.63, 3.8) is 0 Å². The molecule has 1 heterocycles. The van der Waals surface area contributed by atoms with E-state index in [1.807, 2.05) is 31.2 Å². The fraction of sp³-hybridized carbons (Fsp3) is 0.714. The van der Waals surface area contributed by atoms with Crippen molar-refractivity contribution in [3.05, 3.63) is 29.8 Å². The molecule has 0 amide bonds. The van der Waals surface area contributed by atoms with E-state index in [4.69, 9.17) is 18.9 Å². The molecule has 1 saturated heterocycles. The first-order chi connectivity index (χ1) is 25.5. The minimum absolute atomic E-state index is 0.0136. The quantitative estimate of drug-likeness (QED) is 0.0612. The van der Waals surface area contributed by atoms with Gasteiger partial charge in [-0.15, -0.1) is 0 Å². The fourth-order valence-corrected chi connectivity index (χ4v) is 6.17. The number of methoxy groups -OCH3 is 1. The predicted octanol–water partition coefficient (Wildman–Crippen LogP) is -4.13. The number of nitrogens with zero attached hydrogens (tertiary/aromatic N) is 4. The third-order valence-corrected chi connectivity index (χ3v) is 9.22. The molecule has 1 aliphatic rings. The third-order valence-electron chi connectivity index (χ3n) is 9.22. The van der Waals surface area contributed by atoms with Crippen LogP contribution in [0, 0.1) is 0 Å². The zero-order valence-corrected chi connectivity index (χ0v) is 30.7. The molecule has 0 aromatic heterocycles. The number of hydrogen-bond donors (Lipinski definition) is 4. The van der Waals surface area contributed by atoms with Crippen molar-refractivity contribution in [1.29, 1.82) is 0 Å². The SMILES string of the molecule is CCOCCOCCOc1ccc(CCCC(C(=O)O)N2CCN(C(CO)C(=O)[O-])CCN(C(CO)C(=O)[O-])CCN(C(CO)C(=O)OC)CC2)cc1. The Kier molecular flexibility index (Phi) is 22.0. The van der Waals surface area contributed by atoms with Crippen molar-refractivity contribution in [2.24, 2.45) is 0 Å². The molecule has 0 bridgehead atoms. The minimum Gasteiger partial charge on any atom is -0.548 e. The number of ether oxygens (including phenoxy) is 4.